The summed E-state index contributed by atoms with van der Waals surface area (Å²) in [7, 11) is 1.60. The van der Waals surface area contributed by atoms with Crippen LogP contribution in [0, 0.1) is 12.8 Å². The van der Waals surface area contributed by atoms with Crippen LogP contribution in [-0.2, 0) is 11.2 Å². The molecule has 0 atom stereocenters. The number of methoxy groups -OCH3 is 1. The molecule has 0 aliphatic heterocycles. The highest BCUT2D eigenvalue weighted by atomic mass is 16.5. The minimum atomic E-state index is -1.62. The third-order valence-corrected chi connectivity index (χ3v) is 6.50. The van der Waals surface area contributed by atoms with Crippen LogP contribution in [0.15, 0.2) is 42.5 Å². The Labute approximate surface area is 202 Å². The number of benzene rings is 2. The molecule has 0 bridgehead atoms. The molecule has 3 rings (SSSR count). The first-order valence-electron chi connectivity index (χ1n) is 12.0. The van der Waals surface area contributed by atoms with Crippen LogP contribution in [-0.4, -0.2) is 54.9 Å². The Kier molecular flexibility index (Phi) is 9.33. The van der Waals surface area contributed by atoms with Gasteiger partial charge in [-0.05, 0) is 62.3 Å². The fourth-order valence-electron chi connectivity index (χ4n) is 4.29. The molecule has 1 aliphatic rings. The summed E-state index contributed by atoms with van der Waals surface area (Å²) >= 11 is 0. The van der Waals surface area contributed by atoms with Crippen LogP contribution in [0.3, 0.4) is 0 Å². The molecule has 0 heterocycles. The predicted molar refractivity (Wildman–Crippen MR) is 130 cm³/mol. The second-order valence-electron chi connectivity index (χ2n) is 9.26. The van der Waals surface area contributed by atoms with Gasteiger partial charge in [-0.3, -0.25) is 4.79 Å². The fourth-order valence-corrected chi connectivity index (χ4v) is 4.29. The Hall–Kier alpha value is -2.61. The molecule has 0 unspecified atom stereocenters. The van der Waals surface area contributed by atoms with Crippen LogP contribution in [0.1, 0.15) is 54.1 Å². The van der Waals surface area contributed by atoms with Crippen molar-refractivity contribution in [3.63, 3.8) is 0 Å². The van der Waals surface area contributed by atoms with E-state index in [2.05, 4.69) is 37.4 Å². The lowest BCUT2D eigenvalue weighted by Crippen LogP contribution is -2.58. The number of carbonyl (C=O) groups excluding carboxylic acids is 1. The van der Waals surface area contributed by atoms with Gasteiger partial charge in [0.05, 0.1) is 18.8 Å². The zero-order valence-electron chi connectivity index (χ0n) is 20.4. The highest BCUT2D eigenvalue weighted by Gasteiger charge is 2.41. The van der Waals surface area contributed by atoms with Gasteiger partial charge >= 0.3 is 0 Å². The number of carbonyl (C=O) groups is 1. The van der Waals surface area contributed by atoms with E-state index in [1.165, 1.54) is 11.1 Å². The van der Waals surface area contributed by atoms with Crippen molar-refractivity contribution in [2.24, 2.45) is 5.92 Å². The normalized spacial score (nSPS) is 20.2. The molecule has 0 radical (unpaired) electrons. The summed E-state index contributed by atoms with van der Waals surface area (Å²) < 4.78 is 16.9. The first-order chi connectivity index (χ1) is 16.3. The maximum Gasteiger partial charge on any atom is 0.252 e. The average Bonchev–Trinajstić information content (AvgIpc) is 2.81. The van der Waals surface area contributed by atoms with Crippen LogP contribution in [0.25, 0.3) is 0 Å². The van der Waals surface area contributed by atoms with Crippen molar-refractivity contribution in [3.05, 3.63) is 59.2 Å². The fraction of sp³-hybridized carbons (Fsp3) is 0.519. The van der Waals surface area contributed by atoms with Gasteiger partial charge in [-0.15, -0.1) is 0 Å². The second-order valence-corrected chi connectivity index (χ2v) is 9.26. The molecule has 34 heavy (non-hydrogen) atoms. The SMILES string of the molecule is COCCOc1ccc(C(=O)NC2(C(O)O)CCC(C)CC2)cc1OCCc1cccc(C)c1. The van der Waals surface area contributed by atoms with Crippen molar-refractivity contribution >= 4 is 5.91 Å². The number of hydrogen-bond donors (Lipinski definition) is 3. The minimum Gasteiger partial charge on any atom is -0.489 e. The quantitative estimate of drug-likeness (QED) is 0.342. The summed E-state index contributed by atoms with van der Waals surface area (Å²) in [5, 5.41) is 23.0. The summed E-state index contributed by atoms with van der Waals surface area (Å²) in [5.41, 5.74) is 1.70. The van der Waals surface area contributed by atoms with Crippen molar-refractivity contribution < 1.29 is 29.2 Å². The number of aryl methyl sites for hydroxylation is 1. The van der Waals surface area contributed by atoms with Gasteiger partial charge in [-0.25, -0.2) is 0 Å². The van der Waals surface area contributed by atoms with Gasteiger partial charge < -0.3 is 29.7 Å². The molecule has 1 amide bonds. The van der Waals surface area contributed by atoms with E-state index >= 15 is 0 Å². The summed E-state index contributed by atoms with van der Waals surface area (Å²) in [6, 6.07) is 13.3. The zero-order valence-corrected chi connectivity index (χ0v) is 20.4. The maximum absolute atomic E-state index is 13.1. The van der Waals surface area contributed by atoms with Crippen LogP contribution in [0.5, 0.6) is 11.5 Å². The molecule has 1 aliphatic carbocycles. The predicted octanol–water partition coefficient (Wildman–Crippen LogP) is 3.63. The summed E-state index contributed by atoms with van der Waals surface area (Å²) in [4.78, 5) is 13.1. The van der Waals surface area contributed by atoms with Crippen molar-refractivity contribution in [3.8, 4) is 11.5 Å². The molecule has 0 aromatic heterocycles. The highest BCUT2D eigenvalue weighted by molar-refractivity contribution is 5.95. The van der Waals surface area contributed by atoms with Gasteiger partial charge in [-0.1, -0.05) is 36.8 Å². The van der Waals surface area contributed by atoms with Crippen LogP contribution in [0.2, 0.25) is 0 Å². The number of amides is 1. The van der Waals surface area contributed by atoms with Gasteiger partial charge in [-0.2, -0.15) is 0 Å². The molecule has 7 heteroatoms. The van der Waals surface area contributed by atoms with E-state index in [0.29, 0.717) is 62.1 Å². The van der Waals surface area contributed by atoms with E-state index in [4.69, 9.17) is 14.2 Å². The van der Waals surface area contributed by atoms with Gasteiger partial charge in [0, 0.05) is 19.1 Å². The topological polar surface area (TPSA) is 97.3 Å². The van der Waals surface area contributed by atoms with E-state index in [-0.39, 0.29) is 5.91 Å². The first kappa shape index (κ1) is 26.0. The van der Waals surface area contributed by atoms with E-state index < -0.39 is 11.8 Å². The first-order valence-corrected chi connectivity index (χ1v) is 12.0. The molecule has 1 saturated carbocycles. The summed E-state index contributed by atoms with van der Waals surface area (Å²) in [6.07, 6.45) is 1.80. The number of hydrogen-bond acceptors (Lipinski definition) is 6. The lowest BCUT2D eigenvalue weighted by atomic mass is 9.76. The number of ether oxygens (including phenoxy) is 3. The maximum atomic E-state index is 13.1. The van der Waals surface area contributed by atoms with Crippen molar-refractivity contribution in [1.82, 2.24) is 5.32 Å². The number of nitrogens with one attached hydrogen (secondary N) is 1. The van der Waals surface area contributed by atoms with Crippen molar-refractivity contribution in [1.29, 1.82) is 0 Å². The van der Waals surface area contributed by atoms with Crippen molar-refractivity contribution in [2.45, 2.75) is 57.8 Å². The second kappa shape index (κ2) is 12.2. The number of aliphatic hydroxyl groups is 2. The van der Waals surface area contributed by atoms with Crippen LogP contribution in [0.4, 0.5) is 0 Å². The largest absolute Gasteiger partial charge is 0.489 e. The van der Waals surface area contributed by atoms with Crippen molar-refractivity contribution in [2.75, 3.05) is 26.9 Å². The highest BCUT2D eigenvalue weighted by Crippen LogP contribution is 2.35. The Morgan fingerprint density at radius 1 is 1.06 bits per heavy atom. The van der Waals surface area contributed by atoms with E-state index in [0.717, 1.165) is 12.8 Å². The third-order valence-electron chi connectivity index (χ3n) is 6.50. The standard InChI is InChI=1S/C27H37NO6/c1-19-9-12-27(13-10-19,26(30)31)28-25(29)22-7-8-23(34-16-15-32-3)24(18-22)33-14-11-21-6-4-5-20(2)17-21/h4-8,17-19,26,30-31H,9-16H2,1-3H3,(H,28,29). The molecule has 7 nitrogen and oxygen atoms in total. The molecule has 3 N–H and O–H groups in total. The van der Waals surface area contributed by atoms with Gasteiger partial charge in [0.25, 0.3) is 5.91 Å². The third kappa shape index (κ3) is 6.95. The Bertz CT molecular complexity index is 936. The zero-order chi connectivity index (χ0) is 24.6. The lowest BCUT2D eigenvalue weighted by Gasteiger charge is -2.41. The summed E-state index contributed by atoms with van der Waals surface area (Å²) in [5.74, 6) is 1.13. The Morgan fingerprint density at radius 2 is 1.79 bits per heavy atom. The minimum absolute atomic E-state index is 0.355. The lowest BCUT2D eigenvalue weighted by molar-refractivity contribution is -0.119. The molecule has 0 saturated heterocycles. The molecular formula is C27H37NO6. The van der Waals surface area contributed by atoms with E-state index in [1.807, 2.05) is 6.07 Å². The molecular weight excluding hydrogens is 434 g/mol. The van der Waals surface area contributed by atoms with E-state index in [9.17, 15) is 15.0 Å². The Balaban J connectivity index is 1.74. The van der Waals surface area contributed by atoms with Crippen LogP contribution >= 0.6 is 0 Å². The molecule has 1 fully saturated rings. The molecule has 186 valence electrons. The molecule has 2 aromatic rings. The van der Waals surface area contributed by atoms with E-state index in [1.54, 1.807) is 25.3 Å². The Morgan fingerprint density at radius 3 is 2.47 bits per heavy atom. The van der Waals surface area contributed by atoms with Gasteiger partial charge in [0.1, 0.15) is 6.61 Å². The average molecular weight is 472 g/mol. The number of aliphatic hydroxyl groups excluding tert-OH is 1. The van der Waals surface area contributed by atoms with Gasteiger partial charge in [0.2, 0.25) is 0 Å². The smallest absolute Gasteiger partial charge is 0.252 e. The van der Waals surface area contributed by atoms with Gasteiger partial charge in [0.15, 0.2) is 17.8 Å². The molecule has 0 spiro atoms. The summed E-state index contributed by atoms with van der Waals surface area (Å²) in [6.45, 7) is 5.40. The van der Waals surface area contributed by atoms with Crippen LogP contribution < -0.4 is 14.8 Å². The number of rotatable bonds is 11. The monoisotopic (exact) mass is 471 g/mol. The molecule has 2 aromatic carbocycles.